The van der Waals surface area contributed by atoms with Crippen LogP contribution in [0.15, 0.2) is 47.0 Å². The normalized spacial score (nSPS) is 12.0. The number of amides is 1. The van der Waals surface area contributed by atoms with Crippen molar-refractivity contribution in [3.8, 4) is 11.5 Å². The van der Waals surface area contributed by atoms with E-state index < -0.39 is 0 Å². The fraction of sp³-hybridized carbons (Fsp3) is 0.250. The lowest BCUT2D eigenvalue weighted by atomic mass is 10.1. The molecule has 8 heteroatoms. The molecule has 0 aliphatic carbocycles. The zero-order valence-corrected chi connectivity index (χ0v) is 15.4. The highest BCUT2D eigenvalue weighted by atomic mass is 16.7. The summed E-state index contributed by atoms with van der Waals surface area (Å²) in [6.45, 7) is 2.92. The summed E-state index contributed by atoms with van der Waals surface area (Å²) in [5.74, 6) is 2.37. The maximum absolute atomic E-state index is 12.7. The van der Waals surface area contributed by atoms with E-state index >= 15 is 0 Å². The van der Waals surface area contributed by atoms with Gasteiger partial charge in [-0.3, -0.25) is 4.79 Å². The minimum atomic E-state index is -0.180. The number of hydrogen-bond donors (Lipinski definition) is 2. The molecular weight excluding hydrogens is 360 g/mol. The molecule has 1 aliphatic rings. The molecule has 2 N–H and O–H groups in total. The third-order valence-corrected chi connectivity index (χ3v) is 4.32. The summed E-state index contributed by atoms with van der Waals surface area (Å²) in [6.07, 6.45) is 0.711. The number of benzene rings is 2. The van der Waals surface area contributed by atoms with Crippen molar-refractivity contribution in [2.75, 3.05) is 12.1 Å². The van der Waals surface area contributed by atoms with Crippen molar-refractivity contribution >= 4 is 11.6 Å². The fourth-order valence-electron chi connectivity index (χ4n) is 2.84. The van der Waals surface area contributed by atoms with Crippen molar-refractivity contribution in [3.63, 3.8) is 0 Å². The van der Waals surface area contributed by atoms with Crippen LogP contribution in [-0.4, -0.2) is 22.8 Å². The van der Waals surface area contributed by atoms with Gasteiger partial charge in [-0.1, -0.05) is 30.3 Å². The van der Waals surface area contributed by atoms with Crippen LogP contribution in [0.4, 0.5) is 5.69 Å². The van der Waals surface area contributed by atoms with Crippen molar-refractivity contribution in [3.05, 3.63) is 65.3 Å². The van der Waals surface area contributed by atoms with Gasteiger partial charge in [0.05, 0.1) is 12.1 Å². The van der Waals surface area contributed by atoms with E-state index in [4.69, 9.17) is 14.0 Å². The van der Waals surface area contributed by atoms with Crippen LogP contribution in [0, 0.1) is 0 Å². The summed E-state index contributed by atoms with van der Waals surface area (Å²) >= 11 is 0. The van der Waals surface area contributed by atoms with Crippen LogP contribution in [0.25, 0.3) is 0 Å². The van der Waals surface area contributed by atoms with Gasteiger partial charge in [-0.25, -0.2) is 0 Å². The zero-order valence-electron chi connectivity index (χ0n) is 15.4. The average molecular weight is 380 g/mol. The van der Waals surface area contributed by atoms with Gasteiger partial charge in [-0.2, -0.15) is 4.98 Å². The molecule has 0 radical (unpaired) electrons. The number of nitrogens with zero attached hydrogens (tertiary/aromatic N) is 2. The number of anilines is 1. The second-order valence-electron chi connectivity index (χ2n) is 6.23. The number of carbonyl (C=O) groups is 1. The lowest BCUT2D eigenvalue weighted by molar-refractivity contribution is 0.0951. The van der Waals surface area contributed by atoms with Gasteiger partial charge in [0, 0.05) is 18.7 Å². The summed E-state index contributed by atoms with van der Waals surface area (Å²) in [4.78, 5) is 16.9. The number of para-hydroxylation sites is 1. The Hall–Kier alpha value is -3.55. The van der Waals surface area contributed by atoms with Gasteiger partial charge in [-0.05, 0) is 29.8 Å². The van der Waals surface area contributed by atoms with Crippen molar-refractivity contribution in [1.82, 2.24) is 15.5 Å². The van der Waals surface area contributed by atoms with Crippen LogP contribution in [-0.2, 0) is 19.5 Å². The van der Waals surface area contributed by atoms with E-state index in [2.05, 4.69) is 20.8 Å². The van der Waals surface area contributed by atoms with Gasteiger partial charge in [0.25, 0.3) is 5.91 Å². The molecule has 0 fully saturated rings. The molecule has 0 saturated heterocycles. The number of ether oxygens (including phenoxy) is 2. The first-order chi connectivity index (χ1) is 13.7. The molecule has 0 unspecified atom stereocenters. The monoisotopic (exact) mass is 380 g/mol. The van der Waals surface area contributed by atoms with Crippen molar-refractivity contribution in [2.24, 2.45) is 0 Å². The van der Waals surface area contributed by atoms with Crippen molar-refractivity contribution in [1.29, 1.82) is 0 Å². The predicted molar refractivity (Wildman–Crippen MR) is 101 cm³/mol. The molecule has 28 heavy (non-hydrogen) atoms. The summed E-state index contributed by atoms with van der Waals surface area (Å²) in [5.41, 5.74) is 2.17. The SMILES string of the molecule is CCc1noc(CNc2ccccc2C(=O)NCc2ccc3c(c2)OCO3)n1. The maximum Gasteiger partial charge on any atom is 0.253 e. The lowest BCUT2D eigenvalue weighted by Crippen LogP contribution is -2.24. The Morgan fingerprint density at radius 1 is 1.11 bits per heavy atom. The molecule has 1 aromatic heterocycles. The molecule has 8 nitrogen and oxygen atoms in total. The summed E-state index contributed by atoms with van der Waals surface area (Å²) in [6, 6.07) is 12.9. The Labute approximate surface area is 161 Å². The summed E-state index contributed by atoms with van der Waals surface area (Å²) in [7, 11) is 0. The second-order valence-corrected chi connectivity index (χ2v) is 6.23. The van der Waals surface area contributed by atoms with E-state index in [0.717, 1.165) is 11.3 Å². The van der Waals surface area contributed by atoms with E-state index in [1.165, 1.54) is 0 Å². The number of nitrogens with one attached hydrogen (secondary N) is 2. The molecule has 2 heterocycles. The number of aromatic nitrogens is 2. The number of hydrogen-bond acceptors (Lipinski definition) is 7. The second kappa shape index (κ2) is 7.99. The highest BCUT2D eigenvalue weighted by molar-refractivity contribution is 5.99. The van der Waals surface area contributed by atoms with Crippen LogP contribution in [0.2, 0.25) is 0 Å². The van der Waals surface area contributed by atoms with E-state index in [1.807, 2.05) is 43.3 Å². The third-order valence-electron chi connectivity index (χ3n) is 4.32. The topological polar surface area (TPSA) is 98.5 Å². The van der Waals surface area contributed by atoms with Gasteiger partial charge >= 0.3 is 0 Å². The van der Waals surface area contributed by atoms with Crippen LogP contribution in [0.1, 0.15) is 34.6 Å². The largest absolute Gasteiger partial charge is 0.454 e. The molecule has 0 spiro atoms. The molecule has 1 aliphatic heterocycles. The third kappa shape index (κ3) is 3.90. The molecule has 0 saturated carbocycles. The quantitative estimate of drug-likeness (QED) is 0.650. The molecule has 4 rings (SSSR count). The van der Waals surface area contributed by atoms with E-state index in [0.29, 0.717) is 48.2 Å². The van der Waals surface area contributed by atoms with E-state index in [1.54, 1.807) is 6.07 Å². The van der Waals surface area contributed by atoms with Gasteiger partial charge in [-0.15, -0.1) is 0 Å². The standard InChI is InChI=1S/C20H20N4O4/c1-2-18-23-19(28-24-18)11-21-15-6-4-3-5-14(15)20(25)22-10-13-7-8-16-17(9-13)27-12-26-16/h3-9,21H,2,10-12H2,1H3,(H,22,25). The Bertz CT molecular complexity index is 986. The molecule has 144 valence electrons. The molecule has 0 atom stereocenters. The number of fused-ring (bicyclic) bond motifs is 1. The van der Waals surface area contributed by atoms with Gasteiger partial charge in [0.1, 0.15) is 0 Å². The minimum Gasteiger partial charge on any atom is -0.454 e. The highest BCUT2D eigenvalue weighted by Crippen LogP contribution is 2.32. The Kier molecular flexibility index (Phi) is 5.09. The molecule has 0 bridgehead atoms. The van der Waals surface area contributed by atoms with Crippen LogP contribution in [0.5, 0.6) is 11.5 Å². The Morgan fingerprint density at radius 2 is 1.96 bits per heavy atom. The van der Waals surface area contributed by atoms with Crippen LogP contribution >= 0.6 is 0 Å². The van der Waals surface area contributed by atoms with Crippen molar-refractivity contribution in [2.45, 2.75) is 26.4 Å². The highest BCUT2D eigenvalue weighted by Gasteiger charge is 2.15. The van der Waals surface area contributed by atoms with E-state index in [-0.39, 0.29) is 12.7 Å². The first kappa shape index (κ1) is 17.8. The molecule has 3 aromatic rings. The number of aryl methyl sites for hydroxylation is 1. The van der Waals surface area contributed by atoms with Gasteiger partial charge in [0.15, 0.2) is 17.3 Å². The molecule has 1 amide bonds. The first-order valence-electron chi connectivity index (χ1n) is 9.04. The Morgan fingerprint density at radius 3 is 2.82 bits per heavy atom. The van der Waals surface area contributed by atoms with E-state index in [9.17, 15) is 4.79 Å². The van der Waals surface area contributed by atoms with Gasteiger partial charge < -0.3 is 24.6 Å². The minimum absolute atomic E-state index is 0.180. The number of carbonyl (C=O) groups excluding carboxylic acids is 1. The first-order valence-corrected chi connectivity index (χ1v) is 9.04. The Balaban J connectivity index is 1.40. The average Bonchev–Trinajstić information content (AvgIpc) is 3.39. The predicted octanol–water partition coefficient (Wildman–Crippen LogP) is 2.90. The maximum atomic E-state index is 12.7. The molecule has 2 aromatic carbocycles. The zero-order chi connectivity index (χ0) is 19.3. The smallest absolute Gasteiger partial charge is 0.253 e. The number of rotatable bonds is 7. The fourth-order valence-corrected chi connectivity index (χ4v) is 2.84. The summed E-state index contributed by atoms with van der Waals surface area (Å²) in [5, 5.41) is 9.99. The summed E-state index contributed by atoms with van der Waals surface area (Å²) < 4.78 is 15.8. The van der Waals surface area contributed by atoms with Crippen LogP contribution in [0.3, 0.4) is 0 Å². The molecular formula is C20H20N4O4. The van der Waals surface area contributed by atoms with Gasteiger partial charge in [0.2, 0.25) is 12.7 Å². The lowest BCUT2D eigenvalue weighted by Gasteiger charge is -2.11. The van der Waals surface area contributed by atoms with Crippen molar-refractivity contribution < 1.29 is 18.8 Å². The van der Waals surface area contributed by atoms with Crippen LogP contribution < -0.4 is 20.1 Å².